The molecule has 2 saturated heterocycles. The lowest BCUT2D eigenvalue weighted by atomic mass is 9.83. The van der Waals surface area contributed by atoms with E-state index in [0.29, 0.717) is 4.88 Å². The number of likely N-dealkylation sites (tertiary alicyclic amines) is 1. The van der Waals surface area contributed by atoms with Crippen molar-refractivity contribution in [2.45, 2.75) is 55.7 Å². The number of thiophene rings is 1. The van der Waals surface area contributed by atoms with Gasteiger partial charge in [0.25, 0.3) is 5.91 Å². The van der Waals surface area contributed by atoms with E-state index >= 15 is 0 Å². The zero-order valence-electron chi connectivity index (χ0n) is 18.1. The molecule has 0 radical (unpaired) electrons. The number of carbonyl (C=O) groups excluding carboxylic acids is 3. The Labute approximate surface area is 201 Å². The van der Waals surface area contributed by atoms with Crippen LogP contribution < -0.4 is 5.32 Å². The number of ketones is 1. The standard InChI is InChI=1S/C24H26ClN3O4S/c25-16-12-28(21-17(29)13-32-22(16)21)24(31)20(14-5-2-1-3-6-14)27-23(30)19-9-8-18(33-19)15-7-4-10-26-11-15/h4,7-11,14,16,20-22H,1-3,5-6,12-13H2,(H,27,30)/t16-,20-,21+,22+/m0/s1. The molecule has 0 aromatic carbocycles. The molecule has 33 heavy (non-hydrogen) atoms. The van der Waals surface area contributed by atoms with Gasteiger partial charge in [-0.25, -0.2) is 0 Å². The second-order valence-corrected chi connectivity index (χ2v) is 10.6. The van der Waals surface area contributed by atoms with E-state index in [-0.39, 0.29) is 36.7 Å². The summed E-state index contributed by atoms with van der Waals surface area (Å²) in [6.07, 6.45) is 7.94. The first-order chi connectivity index (χ1) is 16.0. The van der Waals surface area contributed by atoms with Crippen LogP contribution in [0.15, 0.2) is 36.7 Å². The number of halogens is 1. The van der Waals surface area contributed by atoms with E-state index in [1.807, 2.05) is 18.2 Å². The van der Waals surface area contributed by atoms with Crippen LogP contribution in [0.5, 0.6) is 0 Å². The third-order valence-electron chi connectivity index (χ3n) is 6.86. The van der Waals surface area contributed by atoms with Crippen molar-refractivity contribution in [3.63, 3.8) is 0 Å². The van der Waals surface area contributed by atoms with E-state index < -0.39 is 23.6 Å². The molecule has 1 N–H and O–H groups in total. The fourth-order valence-corrected chi connectivity index (χ4v) is 6.45. The highest BCUT2D eigenvalue weighted by atomic mass is 35.5. The van der Waals surface area contributed by atoms with Crippen LogP contribution in [0.1, 0.15) is 41.8 Å². The first kappa shape index (κ1) is 22.5. The number of pyridine rings is 1. The van der Waals surface area contributed by atoms with Crippen LogP contribution in [0.25, 0.3) is 10.4 Å². The molecule has 2 aromatic rings. The predicted molar refractivity (Wildman–Crippen MR) is 125 cm³/mol. The maximum absolute atomic E-state index is 13.7. The largest absolute Gasteiger partial charge is 0.366 e. The molecule has 1 aliphatic carbocycles. The highest BCUT2D eigenvalue weighted by Gasteiger charge is 2.53. The van der Waals surface area contributed by atoms with E-state index in [4.69, 9.17) is 16.3 Å². The summed E-state index contributed by atoms with van der Waals surface area (Å²) in [7, 11) is 0. The number of carbonyl (C=O) groups is 3. The number of hydrogen-bond acceptors (Lipinski definition) is 6. The number of nitrogens with zero attached hydrogens (tertiary/aromatic N) is 2. The zero-order valence-corrected chi connectivity index (χ0v) is 19.7. The number of hydrogen-bond donors (Lipinski definition) is 1. The molecule has 3 fully saturated rings. The minimum atomic E-state index is -0.683. The van der Waals surface area contributed by atoms with Crippen molar-refractivity contribution in [2.24, 2.45) is 5.92 Å². The Kier molecular flexibility index (Phi) is 6.49. The molecular formula is C24H26ClN3O4S. The molecule has 1 saturated carbocycles. The number of ether oxygens (including phenoxy) is 1. The van der Waals surface area contributed by atoms with Gasteiger partial charge >= 0.3 is 0 Å². The zero-order chi connectivity index (χ0) is 22.9. The summed E-state index contributed by atoms with van der Waals surface area (Å²) < 4.78 is 5.54. The van der Waals surface area contributed by atoms with Gasteiger partial charge in [-0.05, 0) is 37.0 Å². The Hall–Kier alpha value is -2.29. The van der Waals surface area contributed by atoms with E-state index in [0.717, 1.165) is 42.5 Å². The monoisotopic (exact) mass is 487 g/mol. The van der Waals surface area contributed by atoms with Gasteiger partial charge in [0, 0.05) is 29.4 Å². The van der Waals surface area contributed by atoms with Crippen LogP contribution in [-0.2, 0) is 14.3 Å². The second-order valence-electron chi connectivity index (χ2n) is 8.95. The SMILES string of the molecule is O=C(N[C@H](C(=O)N1C[C@H](Cl)[C@H]2OCC(=O)[C@H]21)C1CCCCC1)c1ccc(-c2cccnc2)s1. The first-order valence-electron chi connectivity index (χ1n) is 11.4. The van der Waals surface area contributed by atoms with Crippen LogP contribution in [-0.4, -0.2) is 64.2 Å². The molecule has 0 unspecified atom stereocenters. The van der Waals surface area contributed by atoms with Gasteiger partial charge < -0.3 is 15.0 Å². The van der Waals surface area contributed by atoms with Crippen molar-refractivity contribution in [3.05, 3.63) is 41.5 Å². The number of amides is 2. The average molecular weight is 488 g/mol. The molecule has 174 valence electrons. The molecule has 0 spiro atoms. The second kappa shape index (κ2) is 9.52. The van der Waals surface area contributed by atoms with E-state index in [1.54, 1.807) is 23.4 Å². The molecule has 2 aromatic heterocycles. The number of Topliss-reactive ketones (excluding diaryl/α,β-unsaturated/α-hetero) is 1. The van der Waals surface area contributed by atoms with E-state index in [2.05, 4.69) is 10.3 Å². The molecule has 5 rings (SSSR count). The summed E-state index contributed by atoms with van der Waals surface area (Å²) in [5.41, 5.74) is 0.942. The first-order valence-corrected chi connectivity index (χ1v) is 12.7. The van der Waals surface area contributed by atoms with Crippen molar-refractivity contribution in [1.29, 1.82) is 0 Å². The third kappa shape index (κ3) is 4.44. The lowest BCUT2D eigenvalue weighted by Crippen LogP contribution is -2.55. The molecular weight excluding hydrogens is 462 g/mol. The predicted octanol–water partition coefficient (Wildman–Crippen LogP) is 3.27. The Bertz CT molecular complexity index is 1040. The molecule has 2 amide bonds. The number of rotatable bonds is 5. The Balaban J connectivity index is 1.37. The molecule has 9 heteroatoms. The van der Waals surface area contributed by atoms with Crippen LogP contribution in [0.3, 0.4) is 0 Å². The van der Waals surface area contributed by atoms with Crippen LogP contribution in [0, 0.1) is 5.92 Å². The molecule has 4 heterocycles. The quantitative estimate of drug-likeness (QED) is 0.654. The summed E-state index contributed by atoms with van der Waals surface area (Å²) in [4.78, 5) is 46.5. The summed E-state index contributed by atoms with van der Waals surface area (Å²) in [6, 6.07) is 6.14. The minimum Gasteiger partial charge on any atom is -0.366 e. The molecule has 2 aliphatic heterocycles. The van der Waals surface area contributed by atoms with Crippen molar-refractivity contribution in [3.8, 4) is 10.4 Å². The summed E-state index contributed by atoms with van der Waals surface area (Å²) in [5.74, 6) is -0.578. The Morgan fingerprint density at radius 3 is 2.79 bits per heavy atom. The molecule has 3 aliphatic rings. The Morgan fingerprint density at radius 2 is 2.03 bits per heavy atom. The fraction of sp³-hybridized carbons (Fsp3) is 0.500. The Morgan fingerprint density at radius 1 is 1.21 bits per heavy atom. The summed E-state index contributed by atoms with van der Waals surface area (Å²) >= 11 is 7.78. The van der Waals surface area contributed by atoms with Crippen molar-refractivity contribution >= 4 is 40.5 Å². The number of fused-ring (bicyclic) bond motifs is 1. The topological polar surface area (TPSA) is 88.6 Å². The fourth-order valence-electron chi connectivity index (χ4n) is 5.19. The number of alkyl halides is 1. The normalized spacial score (nSPS) is 26.3. The maximum Gasteiger partial charge on any atom is 0.262 e. The van der Waals surface area contributed by atoms with Gasteiger partial charge in [-0.3, -0.25) is 19.4 Å². The minimum absolute atomic E-state index is 0.0187. The van der Waals surface area contributed by atoms with E-state index in [1.165, 1.54) is 11.3 Å². The van der Waals surface area contributed by atoms with Gasteiger partial charge in [0.2, 0.25) is 5.91 Å². The lowest BCUT2D eigenvalue weighted by molar-refractivity contribution is -0.139. The van der Waals surface area contributed by atoms with Gasteiger partial charge in [0.05, 0.1) is 10.3 Å². The highest BCUT2D eigenvalue weighted by molar-refractivity contribution is 7.17. The summed E-state index contributed by atoms with van der Waals surface area (Å²) in [5, 5.41) is 2.60. The van der Waals surface area contributed by atoms with Crippen LogP contribution >= 0.6 is 22.9 Å². The molecule has 7 nitrogen and oxygen atoms in total. The number of nitrogens with one attached hydrogen (secondary N) is 1. The van der Waals surface area contributed by atoms with Crippen molar-refractivity contribution < 1.29 is 19.1 Å². The average Bonchev–Trinajstić information content (AvgIpc) is 3.56. The van der Waals surface area contributed by atoms with Crippen LogP contribution in [0.4, 0.5) is 0 Å². The number of aromatic nitrogens is 1. The lowest BCUT2D eigenvalue weighted by Gasteiger charge is -2.34. The molecule has 4 atom stereocenters. The van der Waals surface area contributed by atoms with Crippen LogP contribution in [0.2, 0.25) is 0 Å². The smallest absolute Gasteiger partial charge is 0.262 e. The van der Waals surface area contributed by atoms with Crippen molar-refractivity contribution in [1.82, 2.24) is 15.2 Å². The highest BCUT2D eigenvalue weighted by Crippen LogP contribution is 2.34. The maximum atomic E-state index is 13.7. The molecule has 0 bridgehead atoms. The van der Waals surface area contributed by atoms with Gasteiger partial charge in [0.1, 0.15) is 24.8 Å². The van der Waals surface area contributed by atoms with Crippen molar-refractivity contribution in [2.75, 3.05) is 13.2 Å². The van der Waals surface area contributed by atoms with Gasteiger partial charge in [-0.15, -0.1) is 22.9 Å². The third-order valence-corrected chi connectivity index (χ3v) is 8.37. The van der Waals surface area contributed by atoms with E-state index in [9.17, 15) is 14.4 Å². The summed E-state index contributed by atoms with van der Waals surface area (Å²) in [6.45, 7) is 0.236. The van der Waals surface area contributed by atoms with Gasteiger partial charge in [-0.2, -0.15) is 0 Å². The van der Waals surface area contributed by atoms with Gasteiger partial charge in [-0.1, -0.05) is 25.3 Å². The van der Waals surface area contributed by atoms with Gasteiger partial charge in [0.15, 0.2) is 5.78 Å².